The average Bonchev–Trinajstić information content (AvgIpc) is 2.15. The molecule has 0 radical (unpaired) electrons. The van der Waals surface area contributed by atoms with Gasteiger partial charge in [-0.1, -0.05) is 18.2 Å². The van der Waals surface area contributed by atoms with Gasteiger partial charge in [-0.05, 0) is 17.9 Å². The molecule has 78 valence electrons. The first-order chi connectivity index (χ1) is 6.46. The number of alkyl halides is 3. The molecule has 1 nitrogen and oxygen atoms in total. The van der Waals surface area contributed by atoms with Crippen LogP contribution in [0.3, 0.4) is 0 Å². The smallest absolute Gasteiger partial charge is 0.316 e. The van der Waals surface area contributed by atoms with Crippen molar-refractivity contribution in [3.05, 3.63) is 29.8 Å². The van der Waals surface area contributed by atoms with Crippen LogP contribution >= 0.6 is 11.8 Å². The van der Waals surface area contributed by atoms with Crippen molar-refractivity contribution < 1.29 is 13.2 Å². The molecule has 0 aliphatic carbocycles. The van der Waals surface area contributed by atoms with Crippen LogP contribution < -0.4 is 5.73 Å². The second-order valence-corrected chi connectivity index (χ2v) is 3.61. The molecule has 1 rings (SSSR count). The molecular weight excluding hydrogens is 211 g/mol. The van der Waals surface area contributed by atoms with E-state index in [1.54, 1.807) is 24.5 Å². The van der Waals surface area contributed by atoms with Crippen LogP contribution in [0.4, 0.5) is 13.2 Å². The third kappa shape index (κ3) is 2.42. The number of nitrogens with two attached hydrogens (primary N) is 1. The lowest BCUT2D eigenvalue weighted by molar-refractivity contribution is -0.149. The van der Waals surface area contributed by atoms with E-state index in [0.717, 1.165) is 0 Å². The normalized spacial score (nSPS) is 14.1. The Bertz CT molecular complexity index is 311. The average molecular weight is 221 g/mol. The van der Waals surface area contributed by atoms with Crippen LogP contribution in [0.15, 0.2) is 29.2 Å². The summed E-state index contributed by atoms with van der Waals surface area (Å²) in [4.78, 5) is 0.567. The van der Waals surface area contributed by atoms with E-state index in [1.165, 1.54) is 17.8 Å². The Morgan fingerprint density at radius 3 is 2.36 bits per heavy atom. The van der Waals surface area contributed by atoms with Crippen LogP contribution in [0, 0.1) is 0 Å². The molecule has 14 heavy (non-hydrogen) atoms. The minimum absolute atomic E-state index is 0.132. The highest BCUT2D eigenvalue weighted by Crippen LogP contribution is 2.34. The van der Waals surface area contributed by atoms with Crippen molar-refractivity contribution >= 4 is 11.8 Å². The zero-order valence-corrected chi connectivity index (χ0v) is 8.32. The van der Waals surface area contributed by atoms with E-state index in [9.17, 15) is 13.2 Å². The van der Waals surface area contributed by atoms with E-state index in [4.69, 9.17) is 5.73 Å². The van der Waals surface area contributed by atoms with Gasteiger partial charge in [-0.2, -0.15) is 13.2 Å². The summed E-state index contributed by atoms with van der Waals surface area (Å²) in [7, 11) is 0. The maximum Gasteiger partial charge on any atom is 0.407 e. The zero-order chi connectivity index (χ0) is 10.8. The first-order valence-electron chi connectivity index (χ1n) is 3.92. The lowest BCUT2D eigenvalue weighted by Crippen LogP contribution is -2.28. The fourth-order valence-corrected chi connectivity index (χ4v) is 1.75. The van der Waals surface area contributed by atoms with Crippen LogP contribution in [0.1, 0.15) is 11.6 Å². The van der Waals surface area contributed by atoms with E-state index in [-0.39, 0.29) is 5.56 Å². The first kappa shape index (κ1) is 11.4. The third-order valence-electron chi connectivity index (χ3n) is 1.83. The fraction of sp³-hybridized carbons (Fsp3) is 0.333. The highest BCUT2D eigenvalue weighted by atomic mass is 32.2. The van der Waals surface area contributed by atoms with Crippen LogP contribution in [0.2, 0.25) is 0 Å². The van der Waals surface area contributed by atoms with Crippen molar-refractivity contribution in [2.45, 2.75) is 17.1 Å². The van der Waals surface area contributed by atoms with E-state index in [2.05, 4.69) is 0 Å². The summed E-state index contributed by atoms with van der Waals surface area (Å²) in [5.41, 5.74) is 5.24. The third-order valence-corrected chi connectivity index (χ3v) is 2.64. The van der Waals surface area contributed by atoms with E-state index < -0.39 is 12.2 Å². The van der Waals surface area contributed by atoms with Crippen molar-refractivity contribution in [3.63, 3.8) is 0 Å². The van der Waals surface area contributed by atoms with Gasteiger partial charge in [-0.15, -0.1) is 11.8 Å². The van der Waals surface area contributed by atoms with Crippen molar-refractivity contribution in [2.75, 3.05) is 6.26 Å². The Labute approximate surface area is 84.5 Å². The van der Waals surface area contributed by atoms with Gasteiger partial charge in [0.25, 0.3) is 0 Å². The molecule has 0 saturated carbocycles. The van der Waals surface area contributed by atoms with E-state index in [1.807, 2.05) is 0 Å². The second-order valence-electron chi connectivity index (χ2n) is 2.76. The predicted octanol–water partition coefficient (Wildman–Crippen LogP) is 2.97. The Kier molecular flexibility index (Phi) is 3.44. The molecule has 0 saturated heterocycles. The molecule has 0 aromatic heterocycles. The maximum absolute atomic E-state index is 12.3. The van der Waals surface area contributed by atoms with Gasteiger partial charge in [-0.3, -0.25) is 0 Å². The maximum atomic E-state index is 12.3. The second kappa shape index (κ2) is 4.23. The summed E-state index contributed by atoms with van der Waals surface area (Å²) < 4.78 is 37.0. The molecule has 0 fully saturated rings. The molecule has 0 bridgehead atoms. The quantitative estimate of drug-likeness (QED) is 0.777. The Hall–Kier alpha value is -0.680. The van der Waals surface area contributed by atoms with Gasteiger partial charge in [0.2, 0.25) is 0 Å². The van der Waals surface area contributed by atoms with Crippen molar-refractivity contribution in [1.82, 2.24) is 0 Å². The van der Waals surface area contributed by atoms with Crippen molar-refractivity contribution in [2.24, 2.45) is 5.73 Å². The zero-order valence-electron chi connectivity index (χ0n) is 7.51. The monoisotopic (exact) mass is 221 g/mol. The fourth-order valence-electron chi connectivity index (χ4n) is 1.10. The van der Waals surface area contributed by atoms with Gasteiger partial charge < -0.3 is 5.73 Å². The summed E-state index contributed by atoms with van der Waals surface area (Å²) in [5.74, 6) is 0. The van der Waals surface area contributed by atoms with Crippen LogP contribution in [-0.4, -0.2) is 12.4 Å². The summed E-state index contributed by atoms with van der Waals surface area (Å²) in [6.07, 6.45) is -2.66. The largest absolute Gasteiger partial charge is 0.407 e. The first-order valence-corrected chi connectivity index (χ1v) is 5.14. The number of thioether (sulfide) groups is 1. The molecule has 0 spiro atoms. The summed E-state index contributed by atoms with van der Waals surface area (Å²) in [6.45, 7) is 0. The van der Waals surface area contributed by atoms with Crippen LogP contribution in [0.25, 0.3) is 0 Å². The number of halogens is 3. The minimum atomic E-state index is -4.38. The van der Waals surface area contributed by atoms with Gasteiger partial charge in [0.1, 0.15) is 6.04 Å². The molecule has 1 atom stereocenters. The summed E-state index contributed by atoms with van der Waals surface area (Å²) in [6, 6.07) is 4.39. The molecule has 5 heteroatoms. The molecule has 0 aliphatic heterocycles. The lowest BCUT2D eigenvalue weighted by Gasteiger charge is -2.18. The number of hydrogen-bond acceptors (Lipinski definition) is 2. The molecule has 0 heterocycles. The van der Waals surface area contributed by atoms with Gasteiger partial charge in [0.15, 0.2) is 0 Å². The molecule has 1 aromatic carbocycles. The minimum Gasteiger partial charge on any atom is -0.316 e. The van der Waals surface area contributed by atoms with Gasteiger partial charge >= 0.3 is 6.18 Å². The number of benzene rings is 1. The van der Waals surface area contributed by atoms with Crippen molar-refractivity contribution in [1.29, 1.82) is 0 Å². The highest BCUT2D eigenvalue weighted by Gasteiger charge is 2.38. The molecule has 1 aromatic rings. The number of rotatable bonds is 2. The predicted molar refractivity (Wildman–Crippen MR) is 51.2 cm³/mol. The Morgan fingerprint density at radius 2 is 1.86 bits per heavy atom. The van der Waals surface area contributed by atoms with Crippen LogP contribution in [0.5, 0.6) is 0 Å². The molecule has 0 amide bonds. The molecule has 2 N–H and O–H groups in total. The Balaban J connectivity index is 3.06. The topological polar surface area (TPSA) is 26.0 Å². The molecule has 0 aliphatic rings. The van der Waals surface area contributed by atoms with Gasteiger partial charge in [-0.25, -0.2) is 0 Å². The highest BCUT2D eigenvalue weighted by molar-refractivity contribution is 7.98. The molecule has 0 unspecified atom stereocenters. The number of hydrogen-bond donors (Lipinski definition) is 1. The Morgan fingerprint density at radius 1 is 1.29 bits per heavy atom. The van der Waals surface area contributed by atoms with E-state index in [0.29, 0.717) is 4.90 Å². The SMILES string of the molecule is CSc1ccccc1[C@H](N)C(F)(F)F. The molecular formula is C9H10F3NS. The summed E-state index contributed by atoms with van der Waals surface area (Å²) in [5, 5.41) is 0. The van der Waals surface area contributed by atoms with Crippen LogP contribution in [-0.2, 0) is 0 Å². The summed E-state index contributed by atoms with van der Waals surface area (Å²) >= 11 is 1.26. The van der Waals surface area contributed by atoms with Crippen molar-refractivity contribution in [3.8, 4) is 0 Å². The van der Waals surface area contributed by atoms with Gasteiger partial charge in [0.05, 0.1) is 0 Å². The lowest BCUT2D eigenvalue weighted by atomic mass is 10.1. The standard InChI is InChI=1S/C9H10F3NS/c1-14-7-5-3-2-4-6(7)8(13)9(10,11)12/h2-5,8H,13H2,1H3/t8-/m0/s1. The van der Waals surface area contributed by atoms with E-state index >= 15 is 0 Å². The van der Waals surface area contributed by atoms with Gasteiger partial charge in [0, 0.05) is 4.90 Å².